The molecule has 12 heavy (non-hydrogen) atoms. The van der Waals surface area contributed by atoms with Gasteiger partial charge in [-0.25, -0.2) is 0 Å². The van der Waals surface area contributed by atoms with Crippen molar-refractivity contribution in [1.82, 2.24) is 5.32 Å². The van der Waals surface area contributed by atoms with Crippen LogP contribution >= 0.6 is 11.6 Å². The first-order chi connectivity index (χ1) is 5.62. The van der Waals surface area contributed by atoms with Crippen LogP contribution in [0.3, 0.4) is 0 Å². The Kier molecular flexibility index (Phi) is 6.81. The van der Waals surface area contributed by atoms with E-state index in [0.717, 1.165) is 26.3 Å². The topological polar surface area (TPSA) is 21.3 Å². The highest BCUT2D eigenvalue weighted by Gasteiger charge is 2.14. The van der Waals surface area contributed by atoms with Crippen LogP contribution < -0.4 is 5.32 Å². The van der Waals surface area contributed by atoms with Crippen molar-refractivity contribution in [2.24, 2.45) is 5.41 Å². The van der Waals surface area contributed by atoms with E-state index >= 15 is 0 Å². The van der Waals surface area contributed by atoms with Crippen molar-refractivity contribution < 1.29 is 4.74 Å². The molecule has 0 saturated carbocycles. The molecule has 0 atom stereocenters. The fraction of sp³-hybridized carbons (Fsp3) is 1.00. The van der Waals surface area contributed by atoms with Crippen molar-refractivity contribution in [3.63, 3.8) is 0 Å². The Morgan fingerprint density at radius 1 is 1.42 bits per heavy atom. The summed E-state index contributed by atoms with van der Waals surface area (Å²) >= 11 is 5.76. The van der Waals surface area contributed by atoms with Crippen molar-refractivity contribution >= 4 is 11.6 Å². The van der Waals surface area contributed by atoms with Crippen molar-refractivity contribution in [3.05, 3.63) is 0 Å². The predicted octanol–water partition coefficient (Wildman–Crippen LogP) is 1.88. The number of ether oxygens (including phenoxy) is 1. The molecule has 0 heterocycles. The van der Waals surface area contributed by atoms with Crippen LogP contribution in [0.25, 0.3) is 0 Å². The summed E-state index contributed by atoms with van der Waals surface area (Å²) in [6, 6.07) is 0. The maximum Gasteiger partial charge on any atom is 0.0590 e. The van der Waals surface area contributed by atoms with Gasteiger partial charge in [-0.05, 0) is 12.3 Å². The van der Waals surface area contributed by atoms with Gasteiger partial charge in [-0.2, -0.15) is 0 Å². The number of halogens is 1. The lowest BCUT2D eigenvalue weighted by Crippen LogP contribution is -2.32. The summed E-state index contributed by atoms with van der Waals surface area (Å²) in [5.41, 5.74) is 0.188. The van der Waals surface area contributed by atoms with Crippen LogP contribution in [0.2, 0.25) is 0 Å². The van der Waals surface area contributed by atoms with Gasteiger partial charge in [0.2, 0.25) is 0 Å². The molecule has 0 aliphatic heterocycles. The standard InChI is InChI=1S/C9H20ClNO/c1-4-12-6-5-11-8-9(2,3)7-10/h11H,4-8H2,1-3H3. The fourth-order valence-corrected chi connectivity index (χ4v) is 0.857. The molecule has 0 aromatic rings. The first-order valence-corrected chi connectivity index (χ1v) is 5.00. The van der Waals surface area contributed by atoms with Crippen molar-refractivity contribution in [2.75, 3.05) is 32.2 Å². The van der Waals surface area contributed by atoms with Crippen LogP contribution in [0.15, 0.2) is 0 Å². The van der Waals surface area contributed by atoms with Gasteiger partial charge in [-0.1, -0.05) is 13.8 Å². The van der Waals surface area contributed by atoms with Crippen LogP contribution in [-0.2, 0) is 4.74 Å². The molecule has 0 amide bonds. The van der Waals surface area contributed by atoms with Gasteiger partial charge in [0, 0.05) is 25.6 Å². The monoisotopic (exact) mass is 193 g/mol. The molecule has 0 aliphatic carbocycles. The van der Waals surface area contributed by atoms with Gasteiger partial charge in [-0.3, -0.25) is 0 Å². The zero-order valence-corrected chi connectivity index (χ0v) is 9.08. The Hall–Kier alpha value is 0.210. The SMILES string of the molecule is CCOCCNCC(C)(C)CCl. The minimum atomic E-state index is 0.188. The molecular formula is C9H20ClNO. The molecule has 0 spiro atoms. The quantitative estimate of drug-likeness (QED) is 0.493. The van der Waals surface area contributed by atoms with Crippen LogP contribution in [-0.4, -0.2) is 32.2 Å². The molecular weight excluding hydrogens is 174 g/mol. The highest BCUT2D eigenvalue weighted by Crippen LogP contribution is 2.14. The average molecular weight is 194 g/mol. The molecule has 2 nitrogen and oxygen atoms in total. The van der Waals surface area contributed by atoms with Crippen molar-refractivity contribution in [1.29, 1.82) is 0 Å². The molecule has 0 unspecified atom stereocenters. The van der Waals surface area contributed by atoms with Gasteiger partial charge >= 0.3 is 0 Å². The number of hydrogen-bond donors (Lipinski definition) is 1. The summed E-state index contributed by atoms with van der Waals surface area (Å²) in [5, 5.41) is 3.30. The second-order valence-corrected chi connectivity index (χ2v) is 3.94. The Morgan fingerprint density at radius 3 is 2.58 bits per heavy atom. The lowest BCUT2D eigenvalue weighted by Gasteiger charge is -2.21. The van der Waals surface area contributed by atoms with Crippen LogP contribution in [0.4, 0.5) is 0 Å². The van der Waals surface area contributed by atoms with E-state index in [0.29, 0.717) is 5.88 Å². The molecule has 3 heteroatoms. The van der Waals surface area contributed by atoms with Gasteiger partial charge in [0.1, 0.15) is 0 Å². The van der Waals surface area contributed by atoms with Gasteiger partial charge in [-0.15, -0.1) is 11.6 Å². The second-order valence-electron chi connectivity index (χ2n) is 3.67. The first-order valence-electron chi connectivity index (χ1n) is 4.47. The summed E-state index contributed by atoms with van der Waals surface area (Å²) in [5.74, 6) is 0.689. The van der Waals surface area contributed by atoms with Crippen LogP contribution in [0.1, 0.15) is 20.8 Å². The van der Waals surface area contributed by atoms with Crippen LogP contribution in [0.5, 0.6) is 0 Å². The number of hydrogen-bond acceptors (Lipinski definition) is 2. The lowest BCUT2D eigenvalue weighted by atomic mass is 9.97. The summed E-state index contributed by atoms with van der Waals surface area (Å²) in [6.07, 6.45) is 0. The van der Waals surface area contributed by atoms with E-state index in [9.17, 15) is 0 Å². The molecule has 0 radical (unpaired) electrons. The maximum atomic E-state index is 5.76. The van der Waals surface area contributed by atoms with E-state index in [2.05, 4.69) is 19.2 Å². The summed E-state index contributed by atoms with van der Waals surface area (Å²) in [6.45, 7) is 9.73. The molecule has 0 saturated heterocycles. The molecule has 74 valence electrons. The average Bonchev–Trinajstić information content (AvgIpc) is 2.04. The minimum absolute atomic E-state index is 0.188. The smallest absolute Gasteiger partial charge is 0.0590 e. The maximum absolute atomic E-state index is 5.76. The molecule has 0 aliphatic rings. The predicted molar refractivity (Wildman–Crippen MR) is 53.9 cm³/mol. The Bertz CT molecular complexity index is 107. The van der Waals surface area contributed by atoms with Gasteiger partial charge < -0.3 is 10.1 Å². The van der Waals surface area contributed by atoms with Crippen molar-refractivity contribution in [2.45, 2.75) is 20.8 Å². The third kappa shape index (κ3) is 6.89. The van der Waals surface area contributed by atoms with Gasteiger partial charge in [0.15, 0.2) is 0 Å². The van der Waals surface area contributed by atoms with E-state index < -0.39 is 0 Å². The molecule has 0 aromatic heterocycles. The molecule has 0 rings (SSSR count). The summed E-state index contributed by atoms with van der Waals surface area (Å²) in [7, 11) is 0. The van der Waals surface area contributed by atoms with E-state index in [4.69, 9.17) is 16.3 Å². The Labute approximate surface area is 80.6 Å². The first kappa shape index (κ1) is 12.2. The number of alkyl halides is 1. The zero-order chi connectivity index (χ0) is 9.45. The zero-order valence-electron chi connectivity index (χ0n) is 8.32. The van der Waals surface area contributed by atoms with E-state index in [1.807, 2.05) is 6.92 Å². The van der Waals surface area contributed by atoms with Crippen LogP contribution in [0, 0.1) is 5.41 Å². The van der Waals surface area contributed by atoms with E-state index in [1.54, 1.807) is 0 Å². The lowest BCUT2D eigenvalue weighted by molar-refractivity contribution is 0.147. The second kappa shape index (κ2) is 6.70. The van der Waals surface area contributed by atoms with E-state index in [1.165, 1.54) is 0 Å². The fourth-order valence-electron chi connectivity index (χ4n) is 0.763. The minimum Gasteiger partial charge on any atom is -0.380 e. The Balaban J connectivity index is 3.19. The highest BCUT2D eigenvalue weighted by molar-refractivity contribution is 6.18. The highest BCUT2D eigenvalue weighted by atomic mass is 35.5. The van der Waals surface area contributed by atoms with Crippen molar-refractivity contribution in [3.8, 4) is 0 Å². The normalized spacial score (nSPS) is 12.0. The summed E-state index contributed by atoms with van der Waals surface area (Å²) < 4.78 is 5.19. The third-order valence-electron chi connectivity index (χ3n) is 1.59. The molecule has 0 fully saturated rings. The molecule has 0 bridgehead atoms. The molecule has 0 aromatic carbocycles. The summed E-state index contributed by atoms with van der Waals surface area (Å²) in [4.78, 5) is 0. The largest absolute Gasteiger partial charge is 0.380 e. The number of rotatable bonds is 7. The Morgan fingerprint density at radius 2 is 2.08 bits per heavy atom. The number of nitrogens with one attached hydrogen (secondary N) is 1. The molecule has 1 N–H and O–H groups in total. The van der Waals surface area contributed by atoms with Gasteiger partial charge in [0.05, 0.1) is 6.61 Å². The van der Waals surface area contributed by atoms with E-state index in [-0.39, 0.29) is 5.41 Å². The third-order valence-corrected chi connectivity index (χ3v) is 2.32. The van der Waals surface area contributed by atoms with Gasteiger partial charge in [0.25, 0.3) is 0 Å².